The van der Waals surface area contributed by atoms with Crippen molar-refractivity contribution < 1.29 is 19.2 Å². The zero-order valence-corrected chi connectivity index (χ0v) is 7.30. The van der Waals surface area contributed by atoms with Crippen LogP contribution in [0.25, 0.3) is 0 Å². The summed E-state index contributed by atoms with van der Waals surface area (Å²) in [5.74, 6) is -1.90. The van der Waals surface area contributed by atoms with Crippen molar-refractivity contribution in [3.8, 4) is 0 Å². The van der Waals surface area contributed by atoms with E-state index in [9.17, 15) is 14.1 Å². The summed E-state index contributed by atoms with van der Waals surface area (Å²) in [7, 11) is 0. The van der Waals surface area contributed by atoms with Crippen LogP contribution in [0.15, 0.2) is 0 Å². The van der Waals surface area contributed by atoms with Crippen LogP contribution in [0, 0.1) is 0 Å². The zero-order valence-electron chi connectivity index (χ0n) is 6.49. The maximum absolute atomic E-state index is 11.2. The molecule has 0 aromatic carbocycles. The summed E-state index contributed by atoms with van der Waals surface area (Å²) < 4.78 is 11.2. The molecule has 0 radical (unpaired) electrons. The molecule has 1 heterocycles. The molecule has 0 amide bonds. The lowest BCUT2D eigenvalue weighted by atomic mass is 10.1. The molecule has 1 fully saturated rings. The number of carboxylic acid groups (broad SMARTS) is 1. The third kappa shape index (κ3) is 1.98. The average molecular weight is 190 g/mol. The van der Waals surface area contributed by atoms with Gasteiger partial charge in [-0.2, -0.15) is 0 Å². The predicted octanol–water partition coefficient (Wildman–Crippen LogP) is -0.0587. The SMILES string of the molecule is O=C(O)C(=O)C1CCCC[S+]1[O-]. The summed E-state index contributed by atoms with van der Waals surface area (Å²) in [5, 5.41) is 7.61. The lowest BCUT2D eigenvalue weighted by Crippen LogP contribution is -2.39. The van der Waals surface area contributed by atoms with E-state index >= 15 is 0 Å². The first-order valence-corrected chi connectivity index (χ1v) is 5.15. The summed E-state index contributed by atoms with van der Waals surface area (Å²) >= 11 is -1.26. The third-order valence-corrected chi connectivity index (χ3v) is 3.66. The molecule has 0 aromatic heterocycles. The number of aliphatic carboxylic acids is 1. The van der Waals surface area contributed by atoms with Gasteiger partial charge in [-0.1, -0.05) is 0 Å². The highest BCUT2D eigenvalue weighted by Crippen LogP contribution is 2.20. The normalized spacial score (nSPS) is 29.8. The number of hydrogen-bond acceptors (Lipinski definition) is 3. The van der Waals surface area contributed by atoms with E-state index in [0.29, 0.717) is 12.2 Å². The summed E-state index contributed by atoms with van der Waals surface area (Å²) in [4.78, 5) is 21.2. The minimum absolute atomic E-state index is 0.456. The van der Waals surface area contributed by atoms with Crippen LogP contribution in [0.5, 0.6) is 0 Å². The third-order valence-electron chi connectivity index (χ3n) is 1.88. The molecule has 1 aliphatic rings. The Hall–Kier alpha value is -0.550. The molecule has 0 bridgehead atoms. The number of carbonyl (C=O) groups is 2. The fourth-order valence-corrected chi connectivity index (χ4v) is 2.78. The number of Topliss-reactive ketones (excluding diaryl/α,β-unsaturated/α-hetero) is 1. The number of rotatable bonds is 2. The maximum atomic E-state index is 11.2. The fraction of sp³-hybridized carbons (Fsp3) is 0.714. The van der Waals surface area contributed by atoms with Gasteiger partial charge in [0, 0.05) is 6.42 Å². The average Bonchev–Trinajstić information content (AvgIpc) is 2.04. The minimum atomic E-state index is -1.46. The van der Waals surface area contributed by atoms with Crippen LogP contribution in [-0.2, 0) is 20.8 Å². The second-order valence-electron chi connectivity index (χ2n) is 2.74. The molecule has 0 aromatic rings. The van der Waals surface area contributed by atoms with Crippen LogP contribution in [0.3, 0.4) is 0 Å². The molecule has 12 heavy (non-hydrogen) atoms. The van der Waals surface area contributed by atoms with Crippen LogP contribution in [-0.4, -0.2) is 32.4 Å². The Morgan fingerprint density at radius 2 is 2.08 bits per heavy atom. The Kier molecular flexibility index (Phi) is 3.11. The molecule has 1 aliphatic heterocycles. The van der Waals surface area contributed by atoms with Gasteiger partial charge in [0.25, 0.3) is 5.78 Å². The molecular weight excluding hydrogens is 180 g/mol. The van der Waals surface area contributed by atoms with Gasteiger partial charge in [0.1, 0.15) is 5.75 Å². The number of hydrogen-bond donors (Lipinski definition) is 1. The molecule has 0 spiro atoms. The summed E-state index contributed by atoms with van der Waals surface area (Å²) in [5.41, 5.74) is 0. The maximum Gasteiger partial charge on any atom is 0.377 e. The molecule has 1 rings (SSSR count). The number of ketones is 1. The lowest BCUT2D eigenvalue weighted by molar-refractivity contribution is -0.149. The molecule has 2 unspecified atom stereocenters. The molecule has 2 atom stereocenters. The van der Waals surface area contributed by atoms with E-state index in [4.69, 9.17) is 5.11 Å². The van der Waals surface area contributed by atoms with Crippen molar-refractivity contribution in [3.05, 3.63) is 0 Å². The molecule has 0 aliphatic carbocycles. The van der Waals surface area contributed by atoms with Crippen molar-refractivity contribution in [2.45, 2.75) is 24.5 Å². The van der Waals surface area contributed by atoms with Crippen molar-refractivity contribution in [3.63, 3.8) is 0 Å². The van der Waals surface area contributed by atoms with Gasteiger partial charge in [-0.05, 0) is 24.0 Å². The zero-order chi connectivity index (χ0) is 9.14. The summed E-state index contributed by atoms with van der Waals surface area (Å²) in [6.07, 6.45) is 2.09. The van der Waals surface area contributed by atoms with Crippen molar-refractivity contribution in [2.24, 2.45) is 0 Å². The molecular formula is C7H10O4S. The largest absolute Gasteiger partial charge is 0.616 e. The monoisotopic (exact) mass is 190 g/mol. The van der Waals surface area contributed by atoms with Gasteiger partial charge in [-0.3, -0.25) is 4.79 Å². The van der Waals surface area contributed by atoms with Crippen LogP contribution >= 0.6 is 0 Å². The Bertz CT molecular complexity index is 204. The van der Waals surface area contributed by atoms with Gasteiger partial charge in [0.2, 0.25) is 0 Å². The molecule has 4 nitrogen and oxygen atoms in total. The molecule has 68 valence electrons. The van der Waals surface area contributed by atoms with E-state index in [0.717, 1.165) is 12.8 Å². The van der Waals surface area contributed by atoms with E-state index in [2.05, 4.69) is 0 Å². The molecule has 5 heteroatoms. The quantitative estimate of drug-likeness (QED) is 0.489. The van der Waals surface area contributed by atoms with Crippen LogP contribution < -0.4 is 0 Å². The van der Waals surface area contributed by atoms with Gasteiger partial charge in [-0.25, -0.2) is 4.79 Å². The summed E-state index contributed by atoms with van der Waals surface area (Å²) in [6.45, 7) is 0. The van der Waals surface area contributed by atoms with Crippen LogP contribution in [0.4, 0.5) is 0 Å². The first-order chi connectivity index (χ1) is 5.63. The van der Waals surface area contributed by atoms with E-state index in [-0.39, 0.29) is 0 Å². The van der Waals surface area contributed by atoms with E-state index in [1.807, 2.05) is 0 Å². The van der Waals surface area contributed by atoms with Crippen LogP contribution in [0.2, 0.25) is 0 Å². The Morgan fingerprint density at radius 1 is 1.42 bits per heavy atom. The van der Waals surface area contributed by atoms with Gasteiger partial charge in [0.05, 0.1) is 0 Å². The fourth-order valence-electron chi connectivity index (χ4n) is 1.24. The highest BCUT2D eigenvalue weighted by atomic mass is 32.2. The lowest BCUT2D eigenvalue weighted by Gasteiger charge is -2.23. The first kappa shape index (κ1) is 9.54. The Morgan fingerprint density at radius 3 is 2.58 bits per heavy atom. The van der Waals surface area contributed by atoms with Crippen molar-refractivity contribution in [1.29, 1.82) is 0 Å². The smallest absolute Gasteiger partial charge is 0.377 e. The van der Waals surface area contributed by atoms with Crippen molar-refractivity contribution in [1.82, 2.24) is 0 Å². The topological polar surface area (TPSA) is 77.4 Å². The second-order valence-corrected chi connectivity index (χ2v) is 4.48. The molecule has 1 N–H and O–H groups in total. The molecule has 1 saturated heterocycles. The highest BCUT2D eigenvalue weighted by molar-refractivity contribution is 7.92. The van der Waals surface area contributed by atoms with Crippen molar-refractivity contribution in [2.75, 3.05) is 5.75 Å². The Balaban J connectivity index is 2.59. The first-order valence-electron chi connectivity index (χ1n) is 3.77. The minimum Gasteiger partial charge on any atom is -0.616 e. The van der Waals surface area contributed by atoms with E-state index in [1.165, 1.54) is 0 Å². The van der Waals surface area contributed by atoms with Gasteiger partial charge < -0.3 is 9.66 Å². The Labute approximate surface area is 73.1 Å². The second kappa shape index (κ2) is 3.91. The van der Waals surface area contributed by atoms with Crippen molar-refractivity contribution >= 4 is 22.9 Å². The predicted molar refractivity (Wildman–Crippen MR) is 43.3 cm³/mol. The summed E-state index contributed by atoms with van der Waals surface area (Å²) in [6, 6.07) is 0. The van der Waals surface area contributed by atoms with Gasteiger partial charge >= 0.3 is 5.97 Å². The number of carbonyl (C=O) groups excluding carboxylic acids is 1. The van der Waals surface area contributed by atoms with E-state index < -0.39 is 28.2 Å². The van der Waals surface area contributed by atoms with E-state index in [1.54, 1.807) is 0 Å². The molecule has 0 saturated carbocycles. The standard InChI is InChI=1S/C7H10O4S/c8-6(7(9)10)5-3-1-2-4-12(5)11/h5H,1-4H2,(H,9,10). The van der Waals surface area contributed by atoms with Gasteiger partial charge in [0.15, 0.2) is 5.25 Å². The highest BCUT2D eigenvalue weighted by Gasteiger charge is 2.36. The number of carboxylic acids is 1. The van der Waals surface area contributed by atoms with Gasteiger partial charge in [-0.15, -0.1) is 0 Å². The van der Waals surface area contributed by atoms with Crippen LogP contribution in [0.1, 0.15) is 19.3 Å².